The van der Waals surface area contributed by atoms with Gasteiger partial charge in [0.15, 0.2) is 11.4 Å². The first kappa shape index (κ1) is 36.8. The van der Waals surface area contributed by atoms with Crippen LogP contribution in [0.4, 0.5) is 0 Å². The van der Waals surface area contributed by atoms with Gasteiger partial charge in [-0.15, -0.1) is 0 Å². The average Bonchev–Trinajstić information content (AvgIpc) is 3.69. The van der Waals surface area contributed by atoms with Gasteiger partial charge in [-0.3, -0.25) is 24.4 Å². The average molecular weight is 700 g/mol. The Morgan fingerprint density at radius 2 is 1.75 bits per heavy atom. The van der Waals surface area contributed by atoms with Crippen molar-refractivity contribution >= 4 is 45.6 Å². The zero-order valence-electron chi connectivity index (χ0n) is 27.4. The Morgan fingerprint density at radius 1 is 1.06 bits per heavy atom. The summed E-state index contributed by atoms with van der Waals surface area (Å²) in [5, 5.41) is 12.0. The predicted molar refractivity (Wildman–Crippen MR) is 180 cm³/mol. The summed E-state index contributed by atoms with van der Waals surface area (Å²) >= 11 is 6.15. The van der Waals surface area contributed by atoms with Crippen molar-refractivity contribution in [1.29, 1.82) is 0 Å². The van der Waals surface area contributed by atoms with Crippen LogP contribution in [0.5, 0.6) is 0 Å². The quantitative estimate of drug-likeness (QED) is 0.0794. The van der Waals surface area contributed by atoms with Crippen LogP contribution in [0.3, 0.4) is 0 Å². The number of amides is 3. The molecule has 1 aliphatic carbocycles. The minimum Gasteiger partial charge on any atom is -0.353 e. The Labute approximate surface area is 285 Å². The summed E-state index contributed by atoms with van der Waals surface area (Å²) in [4.78, 5) is 53.9. The number of aromatic nitrogens is 2. The van der Waals surface area contributed by atoms with E-state index in [-0.39, 0.29) is 46.5 Å². The molecule has 5 atom stereocenters. The molecule has 0 aliphatic heterocycles. The number of hydrogen-bond acceptors (Lipinski definition) is 8. The number of carbonyl (C=O) groups excluding carboxylic acids is 4. The molecule has 3 aromatic rings. The van der Waals surface area contributed by atoms with E-state index in [0.29, 0.717) is 30.3 Å². The molecule has 0 saturated heterocycles. The molecule has 1 fully saturated rings. The normalized spacial score (nSPS) is 18.1. The maximum absolute atomic E-state index is 13.6. The van der Waals surface area contributed by atoms with E-state index in [1.165, 1.54) is 11.5 Å². The number of hydrogen-bond donors (Lipinski definition) is 4. The fourth-order valence-electron chi connectivity index (χ4n) is 6.27. The van der Waals surface area contributed by atoms with Gasteiger partial charge in [0.25, 0.3) is 15.9 Å². The molecule has 48 heavy (non-hydrogen) atoms. The molecule has 258 valence electrons. The second-order valence-corrected chi connectivity index (χ2v) is 14.7. The number of sulfonamides is 1. The summed E-state index contributed by atoms with van der Waals surface area (Å²) < 4.78 is 31.2. The third-order valence-electron chi connectivity index (χ3n) is 8.95. The molecule has 14 heteroatoms. The molecule has 0 bridgehead atoms. The highest BCUT2D eigenvalue weighted by Gasteiger charge is 2.36. The first-order valence-corrected chi connectivity index (χ1v) is 17.8. The summed E-state index contributed by atoms with van der Waals surface area (Å²) in [5.74, 6) is -3.66. The van der Waals surface area contributed by atoms with Crippen molar-refractivity contribution in [3.05, 3.63) is 71.3 Å². The molecule has 4 rings (SSSR count). The molecular weight excluding hydrogens is 658 g/mol. The highest BCUT2D eigenvalue weighted by Crippen LogP contribution is 2.34. The number of benzene rings is 2. The minimum absolute atomic E-state index is 0.0198. The van der Waals surface area contributed by atoms with Gasteiger partial charge in [0.2, 0.25) is 11.8 Å². The van der Waals surface area contributed by atoms with Gasteiger partial charge in [-0.25, -0.2) is 23.6 Å². The second-order valence-electron chi connectivity index (χ2n) is 12.7. The summed E-state index contributed by atoms with van der Waals surface area (Å²) in [5.41, 5.74) is 3.71. The summed E-state index contributed by atoms with van der Waals surface area (Å²) in [6.07, 6.45) is 4.25. The second kappa shape index (κ2) is 15.9. The van der Waals surface area contributed by atoms with Gasteiger partial charge in [-0.1, -0.05) is 88.2 Å². The van der Waals surface area contributed by atoms with Gasteiger partial charge in [-0.2, -0.15) is 0 Å². The van der Waals surface area contributed by atoms with Gasteiger partial charge >= 0.3 is 0 Å². The van der Waals surface area contributed by atoms with Crippen LogP contribution in [0.15, 0.2) is 59.8 Å². The number of carbonyl (C=O) groups is 4. The molecule has 0 spiro atoms. The maximum Gasteiger partial charge on any atom is 0.264 e. The summed E-state index contributed by atoms with van der Waals surface area (Å²) in [6.45, 7) is 7.81. The van der Waals surface area contributed by atoms with Crippen LogP contribution in [0.1, 0.15) is 81.9 Å². The molecular formula is C34H42ClN5O7S. The zero-order valence-corrected chi connectivity index (χ0v) is 28.9. The van der Waals surface area contributed by atoms with Crippen LogP contribution in [-0.4, -0.2) is 53.2 Å². The first-order valence-electron chi connectivity index (χ1n) is 16.0. The van der Waals surface area contributed by atoms with Crippen LogP contribution < -0.4 is 15.5 Å². The monoisotopic (exact) mass is 699 g/mol. The molecule has 0 radical (unpaired) electrons. The number of rotatable bonds is 14. The lowest BCUT2D eigenvalue weighted by Gasteiger charge is -2.26. The van der Waals surface area contributed by atoms with Gasteiger partial charge in [-0.05, 0) is 54.7 Å². The lowest BCUT2D eigenvalue weighted by atomic mass is 9.91. The van der Waals surface area contributed by atoms with E-state index >= 15 is 0 Å². The lowest BCUT2D eigenvalue weighted by Crippen LogP contribution is -2.44. The van der Waals surface area contributed by atoms with Crippen molar-refractivity contribution in [1.82, 2.24) is 25.1 Å². The summed E-state index contributed by atoms with van der Waals surface area (Å²) in [7, 11) is -4.28. The largest absolute Gasteiger partial charge is 0.353 e. The van der Waals surface area contributed by atoms with Crippen LogP contribution in [0, 0.1) is 23.7 Å². The van der Waals surface area contributed by atoms with Crippen LogP contribution in [-0.2, 0) is 24.4 Å². The van der Waals surface area contributed by atoms with Gasteiger partial charge in [0.1, 0.15) is 11.6 Å². The van der Waals surface area contributed by atoms with E-state index < -0.39 is 45.6 Å². The molecule has 12 nitrogen and oxygen atoms in total. The molecule has 1 aromatic heterocycles. The third kappa shape index (κ3) is 8.31. The molecule has 1 heterocycles. The zero-order chi connectivity index (χ0) is 35.2. The van der Waals surface area contributed by atoms with Crippen molar-refractivity contribution in [2.75, 3.05) is 0 Å². The van der Waals surface area contributed by atoms with Crippen LogP contribution in [0.25, 0.3) is 11.1 Å². The van der Waals surface area contributed by atoms with Gasteiger partial charge < -0.3 is 9.88 Å². The minimum atomic E-state index is -4.28. The third-order valence-corrected chi connectivity index (χ3v) is 10.7. The first-order chi connectivity index (χ1) is 22.8. The SMILES string of the molecule is CCC(C)C(c1ccc(-c2ccccc2S(=O)(=O)NC(=O)[C@H]2CC[C@@H](NC(=O)C(CC(C)C)C(=O)NO)C2)cc1)n1cnc(Cl)c1C=O. The van der Waals surface area contributed by atoms with Crippen molar-refractivity contribution in [3.8, 4) is 11.1 Å². The predicted octanol–water partition coefficient (Wildman–Crippen LogP) is 4.91. The number of imidazole rings is 1. The number of aldehydes is 1. The van der Waals surface area contributed by atoms with Crippen molar-refractivity contribution in [3.63, 3.8) is 0 Å². The van der Waals surface area contributed by atoms with E-state index in [0.717, 1.165) is 12.0 Å². The topological polar surface area (TPSA) is 177 Å². The highest BCUT2D eigenvalue weighted by atomic mass is 35.5. The van der Waals surface area contributed by atoms with E-state index in [4.69, 9.17) is 16.8 Å². The molecule has 3 amide bonds. The van der Waals surface area contributed by atoms with E-state index in [2.05, 4.69) is 21.9 Å². The Balaban J connectivity index is 1.49. The van der Waals surface area contributed by atoms with Crippen LogP contribution >= 0.6 is 11.6 Å². The molecule has 4 N–H and O–H groups in total. The number of hydroxylamine groups is 1. The van der Waals surface area contributed by atoms with E-state index in [1.54, 1.807) is 41.2 Å². The standard InChI is InChI=1S/C34H42ClN5O7S/c1-5-21(4)30(40-19-36-31(35)28(40)18-41)23-12-10-22(11-13-23)26-8-6-7-9-29(26)48(46,47)39-32(42)24-14-15-25(17-24)37-33(43)27(16-20(2)3)34(44)38-45/h6-13,18-21,24-25,27,30,45H,5,14-17H2,1-4H3,(H,37,43)(H,38,44)(H,39,42)/t21?,24-,25+,27?,30?/m0/s1. The lowest BCUT2D eigenvalue weighted by molar-refractivity contribution is -0.141. The van der Waals surface area contributed by atoms with E-state index in [1.807, 2.05) is 32.9 Å². The molecule has 3 unspecified atom stereocenters. The summed E-state index contributed by atoms with van der Waals surface area (Å²) in [6, 6.07) is 13.1. The Bertz CT molecular complexity index is 1740. The Hall–Kier alpha value is -4.07. The number of nitrogens with one attached hydrogen (secondary N) is 3. The smallest absolute Gasteiger partial charge is 0.264 e. The fraction of sp³-hybridized carbons (Fsp3) is 0.441. The van der Waals surface area contributed by atoms with Gasteiger partial charge in [0.05, 0.1) is 17.3 Å². The van der Waals surface area contributed by atoms with Crippen molar-refractivity contribution in [2.45, 2.75) is 76.8 Å². The fourth-order valence-corrected chi connectivity index (χ4v) is 7.73. The molecule has 1 saturated carbocycles. The molecule has 1 aliphatic rings. The van der Waals surface area contributed by atoms with Gasteiger partial charge in [0, 0.05) is 17.5 Å². The van der Waals surface area contributed by atoms with E-state index in [9.17, 15) is 27.6 Å². The van der Waals surface area contributed by atoms with Crippen molar-refractivity contribution < 1.29 is 32.8 Å². The molecule has 2 aromatic carbocycles. The number of halogens is 1. The Kier molecular flexibility index (Phi) is 12.2. The number of nitrogens with zero attached hydrogens (tertiary/aromatic N) is 2. The Morgan fingerprint density at radius 3 is 2.38 bits per heavy atom. The maximum atomic E-state index is 13.6. The van der Waals surface area contributed by atoms with Crippen molar-refractivity contribution in [2.24, 2.45) is 23.7 Å². The van der Waals surface area contributed by atoms with Crippen LogP contribution in [0.2, 0.25) is 5.15 Å². The highest BCUT2D eigenvalue weighted by molar-refractivity contribution is 7.90.